The summed E-state index contributed by atoms with van der Waals surface area (Å²) in [5, 5.41) is 3.40. The lowest BCUT2D eigenvalue weighted by Gasteiger charge is -2.10. The Balaban J connectivity index is 1.97. The number of nitrogens with one attached hydrogen (secondary N) is 1. The van der Waals surface area contributed by atoms with Gasteiger partial charge >= 0.3 is 0 Å². The minimum atomic E-state index is 0.795. The average molecular weight is 386 g/mol. The zero-order valence-corrected chi connectivity index (χ0v) is 13.7. The van der Waals surface area contributed by atoms with Crippen LogP contribution in [0.2, 0.25) is 0 Å². The average Bonchev–Trinajstić information content (AvgIpc) is 2.40. The first-order chi connectivity index (χ1) is 9.20. The van der Waals surface area contributed by atoms with Gasteiger partial charge in [0.2, 0.25) is 0 Å². The Kier molecular flexibility index (Phi) is 5.36. The van der Waals surface area contributed by atoms with E-state index >= 15 is 0 Å². The predicted octanol–water partition coefficient (Wildman–Crippen LogP) is 3.91. The van der Waals surface area contributed by atoms with E-state index < -0.39 is 0 Å². The van der Waals surface area contributed by atoms with Crippen LogP contribution < -0.4 is 10.1 Å². The van der Waals surface area contributed by atoms with Crippen LogP contribution in [0.3, 0.4) is 0 Å². The molecule has 0 aliphatic heterocycles. The first-order valence-electron chi connectivity index (χ1n) is 5.82. The van der Waals surface area contributed by atoms with Crippen molar-refractivity contribution in [2.24, 2.45) is 0 Å². The van der Waals surface area contributed by atoms with Crippen molar-refractivity contribution in [3.8, 4) is 5.75 Å². The summed E-state index contributed by atoms with van der Waals surface area (Å²) in [5.41, 5.74) is 2.41. The summed E-state index contributed by atoms with van der Waals surface area (Å²) in [7, 11) is 1.66. The normalized spacial score (nSPS) is 10.5. The topological polar surface area (TPSA) is 34.1 Å². The van der Waals surface area contributed by atoms with Crippen molar-refractivity contribution in [2.45, 2.75) is 13.1 Å². The minimum absolute atomic E-state index is 0.795. The van der Waals surface area contributed by atoms with Gasteiger partial charge in [0.25, 0.3) is 0 Å². The molecule has 3 nitrogen and oxygen atoms in total. The summed E-state index contributed by atoms with van der Waals surface area (Å²) < 4.78 is 7.18. The van der Waals surface area contributed by atoms with Crippen molar-refractivity contribution in [1.29, 1.82) is 0 Å². The summed E-state index contributed by atoms with van der Waals surface area (Å²) in [6.07, 6.45) is 3.61. The quantitative estimate of drug-likeness (QED) is 0.847. The molecule has 0 fully saturated rings. The molecule has 19 heavy (non-hydrogen) atoms. The SMILES string of the molecule is COc1c(Br)cc(CNCc2ccncc2)cc1Br. The van der Waals surface area contributed by atoms with Crippen molar-refractivity contribution in [1.82, 2.24) is 10.3 Å². The number of aromatic nitrogens is 1. The van der Waals surface area contributed by atoms with E-state index in [0.29, 0.717) is 0 Å². The Morgan fingerprint density at radius 2 is 1.63 bits per heavy atom. The minimum Gasteiger partial charge on any atom is -0.494 e. The van der Waals surface area contributed by atoms with Crippen LogP contribution in [0, 0.1) is 0 Å². The summed E-state index contributed by atoms with van der Waals surface area (Å²) in [6, 6.07) is 8.13. The van der Waals surface area contributed by atoms with Gasteiger partial charge in [-0.2, -0.15) is 0 Å². The Morgan fingerprint density at radius 1 is 1.05 bits per heavy atom. The first-order valence-corrected chi connectivity index (χ1v) is 7.41. The Hall–Kier alpha value is -0.910. The number of hydrogen-bond donors (Lipinski definition) is 1. The molecule has 2 aromatic rings. The molecule has 1 N–H and O–H groups in total. The summed E-state index contributed by atoms with van der Waals surface area (Å²) in [5.74, 6) is 0.817. The molecule has 0 unspecified atom stereocenters. The highest BCUT2D eigenvalue weighted by Crippen LogP contribution is 2.34. The second-order valence-corrected chi connectivity index (χ2v) is 5.76. The van der Waals surface area contributed by atoms with Crippen molar-refractivity contribution < 1.29 is 4.74 Å². The van der Waals surface area contributed by atoms with Gasteiger partial charge < -0.3 is 10.1 Å². The maximum Gasteiger partial charge on any atom is 0.147 e. The van der Waals surface area contributed by atoms with Crippen molar-refractivity contribution >= 4 is 31.9 Å². The fraction of sp³-hybridized carbons (Fsp3) is 0.214. The number of ether oxygens (including phenoxy) is 1. The maximum absolute atomic E-state index is 5.28. The first kappa shape index (κ1) is 14.5. The number of nitrogens with zero attached hydrogens (tertiary/aromatic N) is 1. The molecular formula is C14H14Br2N2O. The Bertz CT molecular complexity index is 523. The molecular weight excluding hydrogens is 372 g/mol. The molecule has 0 saturated carbocycles. The monoisotopic (exact) mass is 384 g/mol. The van der Waals surface area contributed by atoms with Gasteiger partial charge in [0.05, 0.1) is 16.1 Å². The molecule has 0 aliphatic carbocycles. The van der Waals surface area contributed by atoms with Crippen LogP contribution in [0.4, 0.5) is 0 Å². The smallest absolute Gasteiger partial charge is 0.147 e. The lowest BCUT2D eigenvalue weighted by molar-refractivity contribution is 0.409. The van der Waals surface area contributed by atoms with Gasteiger partial charge in [0.15, 0.2) is 0 Å². The number of methoxy groups -OCH3 is 1. The van der Waals surface area contributed by atoms with Crippen LogP contribution >= 0.6 is 31.9 Å². The van der Waals surface area contributed by atoms with Gasteiger partial charge in [0, 0.05) is 25.5 Å². The second-order valence-electron chi connectivity index (χ2n) is 4.05. The van der Waals surface area contributed by atoms with E-state index in [0.717, 1.165) is 27.8 Å². The third kappa shape index (κ3) is 4.03. The maximum atomic E-state index is 5.28. The molecule has 2 rings (SSSR count). The van der Waals surface area contributed by atoms with Gasteiger partial charge in [-0.15, -0.1) is 0 Å². The summed E-state index contributed by atoms with van der Waals surface area (Å²) in [6.45, 7) is 1.62. The number of pyridine rings is 1. The number of halogens is 2. The zero-order chi connectivity index (χ0) is 13.7. The number of benzene rings is 1. The molecule has 100 valence electrons. The summed E-state index contributed by atoms with van der Waals surface area (Å²) >= 11 is 7.01. The van der Waals surface area contributed by atoms with Crippen LogP contribution in [0.15, 0.2) is 45.6 Å². The third-order valence-electron chi connectivity index (χ3n) is 2.67. The molecule has 1 heterocycles. The van der Waals surface area contributed by atoms with Crippen molar-refractivity contribution in [3.63, 3.8) is 0 Å². The highest BCUT2D eigenvalue weighted by molar-refractivity contribution is 9.11. The zero-order valence-electron chi connectivity index (χ0n) is 10.5. The molecule has 0 spiro atoms. The highest BCUT2D eigenvalue weighted by Gasteiger charge is 2.07. The van der Waals surface area contributed by atoms with E-state index in [9.17, 15) is 0 Å². The molecule has 0 amide bonds. The Labute approximate surface area is 129 Å². The van der Waals surface area contributed by atoms with Crippen LogP contribution in [0.5, 0.6) is 5.75 Å². The Morgan fingerprint density at radius 3 is 2.21 bits per heavy atom. The number of rotatable bonds is 5. The van der Waals surface area contributed by atoms with Crippen LogP contribution in [-0.4, -0.2) is 12.1 Å². The standard InChI is InChI=1S/C14H14Br2N2O/c1-19-14-12(15)6-11(7-13(14)16)9-18-8-10-2-4-17-5-3-10/h2-7,18H,8-9H2,1H3. The molecule has 0 aliphatic rings. The van der Waals surface area contributed by atoms with E-state index in [1.54, 1.807) is 19.5 Å². The number of hydrogen-bond acceptors (Lipinski definition) is 3. The van der Waals surface area contributed by atoms with Crippen molar-refractivity contribution in [2.75, 3.05) is 7.11 Å². The van der Waals surface area contributed by atoms with Crippen molar-refractivity contribution in [3.05, 3.63) is 56.7 Å². The lowest BCUT2D eigenvalue weighted by Crippen LogP contribution is -2.12. The van der Waals surface area contributed by atoms with Gasteiger partial charge in [-0.1, -0.05) is 0 Å². The second kappa shape index (κ2) is 7.03. The molecule has 1 aromatic heterocycles. The molecule has 1 aromatic carbocycles. The van der Waals surface area contributed by atoms with E-state index in [4.69, 9.17) is 4.74 Å². The molecule has 0 atom stereocenters. The third-order valence-corrected chi connectivity index (χ3v) is 3.85. The van der Waals surface area contributed by atoms with Gasteiger partial charge in [-0.05, 0) is 67.3 Å². The van der Waals surface area contributed by atoms with Gasteiger partial charge in [-0.3, -0.25) is 4.98 Å². The van der Waals surface area contributed by atoms with E-state index in [1.165, 1.54) is 11.1 Å². The summed E-state index contributed by atoms with van der Waals surface area (Å²) in [4.78, 5) is 4.00. The van der Waals surface area contributed by atoms with Crippen LogP contribution in [-0.2, 0) is 13.1 Å². The highest BCUT2D eigenvalue weighted by atomic mass is 79.9. The molecule has 0 radical (unpaired) electrons. The lowest BCUT2D eigenvalue weighted by atomic mass is 10.2. The molecule has 5 heteroatoms. The fourth-order valence-corrected chi connectivity index (χ4v) is 3.37. The van der Waals surface area contributed by atoms with Gasteiger partial charge in [-0.25, -0.2) is 0 Å². The molecule has 0 bridgehead atoms. The van der Waals surface area contributed by atoms with E-state index in [-0.39, 0.29) is 0 Å². The van der Waals surface area contributed by atoms with Gasteiger partial charge in [0.1, 0.15) is 5.75 Å². The van der Waals surface area contributed by atoms with E-state index in [1.807, 2.05) is 12.1 Å². The predicted molar refractivity (Wildman–Crippen MR) is 83.2 cm³/mol. The fourth-order valence-electron chi connectivity index (χ4n) is 1.76. The van der Waals surface area contributed by atoms with Crippen LogP contribution in [0.25, 0.3) is 0 Å². The largest absolute Gasteiger partial charge is 0.494 e. The van der Waals surface area contributed by atoms with Crippen LogP contribution in [0.1, 0.15) is 11.1 Å². The molecule has 0 saturated heterocycles. The van der Waals surface area contributed by atoms with E-state index in [2.05, 4.69) is 54.3 Å².